The van der Waals surface area contributed by atoms with E-state index in [1.165, 1.54) is 18.4 Å². The van der Waals surface area contributed by atoms with Crippen LogP contribution in [0.1, 0.15) is 51.5 Å². The molecule has 0 radical (unpaired) electrons. The summed E-state index contributed by atoms with van der Waals surface area (Å²) in [7, 11) is 0. The molecule has 0 aliphatic heterocycles. The second-order valence-corrected chi connectivity index (χ2v) is 7.66. The van der Waals surface area contributed by atoms with E-state index in [9.17, 15) is 4.79 Å². The van der Waals surface area contributed by atoms with Crippen molar-refractivity contribution in [1.82, 2.24) is 4.98 Å². The number of rotatable bonds is 8. The fraction of sp³-hybridized carbons (Fsp3) is 0.529. The molecule has 2 rings (SSSR count). The van der Waals surface area contributed by atoms with Crippen molar-refractivity contribution in [2.75, 3.05) is 5.32 Å². The van der Waals surface area contributed by atoms with Gasteiger partial charge in [0.1, 0.15) is 0 Å². The number of fused-ring (bicyclic) bond motifs is 1. The van der Waals surface area contributed by atoms with Crippen molar-refractivity contribution in [3.05, 3.63) is 23.8 Å². The molecule has 0 saturated carbocycles. The van der Waals surface area contributed by atoms with Crippen molar-refractivity contribution < 1.29 is 4.79 Å². The zero-order chi connectivity index (χ0) is 15.9. The van der Waals surface area contributed by atoms with Crippen LogP contribution in [0, 0.1) is 0 Å². The zero-order valence-corrected chi connectivity index (χ0v) is 15.6. The van der Waals surface area contributed by atoms with Crippen LogP contribution in [0.5, 0.6) is 0 Å². The molecule has 1 aromatic carbocycles. The first-order valence-corrected chi connectivity index (χ1v) is 9.71. The number of carbonyl (C=O) groups is 1. The Bertz CT molecular complexity index is 626. The molecule has 1 aromatic heterocycles. The Morgan fingerprint density at radius 1 is 1.32 bits per heavy atom. The summed E-state index contributed by atoms with van der Waals surface area (Å²) in [6, 6.07) is 6.38. The van der Waals surface area contributed by atoms with Gasteiger partial charge in [-0.3, -0.25) is 4.79 Å². The number of alkyl halides is 1. The molecule has 0 spiro atoms. The third kappa shape index (κ3) is 4.78. The van der Waals surface area contributed by atoms with Gasteiger partial charge in [0.25, 0.3) is 0 Å². The predicted molar refractivity (Wildman–Crippen MR) is 99.1 cm³/mol. The molecule has 0 fully saturated rings. The average molecular weight is 383 g/mol. The van der Waals surface area contributed by atoms with Gasteiger partial charge in [-0.1, -0.05) is 66.4 Å². The van der Waals surface area contributed by atoms with Crippen molar-refractivity contribution in [3.8, 4) is 0 Å². The van der Waals surface area contributed by atoms with Gasteiger partial charge in [-0.2, -0.15) is 0 Å². The van der Waals surface area contributed by atoms with Crippen molar-refractivity contribution in [2.24, 2.45) is 0 Å². The van der Waals surface area contributed by atoms with Gasteiger partial charge >= 0.3 is 0 Å². The van der Waals surface area contributed by atoms with Gasteiger partial charge in [0.2, 0.25) is 5.91 Å². The number of nitrogens with one attached hydrogen (secondary N) is 1. The maximum absolute atomic E-state index is 12.1. The molecule has 3 nitrogen and oxygen atoms in total. The quantitative estimate of drug-likeness (QED) is 0.609. The van der Waals surface area contributed by atoms with Crippen LogP contribution in [-0.4, -0.2) is 15.7 Å². The molecule has 1 N–H and O–H groups in total. The number of amides is 1. The Kier molecular flexibility index (Phi) is 6.83. The molecule has 2 aromatic rings. The lowest BCUT2D eigenvalue weighted by Gasteiger charge is -2.07. The van der Waals surface area contributed by atoms with Crippen LogP contribution < -0.4 is 5.32 Å². The lowest BCUT2D eigenvalue weighted by Crippen LogP contribution is -2.22. The third-order valence-electron chi connectivity index (χ3n) is 3.60. The van der Waals surface area contributed by atoms with Crippen LogP contribution >= 0.6 is 27.3 Å². The topological polar surface area (TPSA) is 42.0 Å². The van der Waals surface area contributed by atoms with E-state index in [1.54, 1.807) is 11.3 Å². The zero-order valence-electron chi connectivity index (χ0n) is 13.2. The lowest BCUT2D eigenvalue weighted by molar-refractivity contribution is -0.115. The summed E-state index contributed by atoms with van der Waals surface area (Å²) >= 11 is 5.00. The van der Waals surface area contributed by atoms with E-state index in [0.29, 0.717) is 5.13 Å². The van der Waals surface area contributed by atoms with Gasteiger partial charge in [-0.15, -0.1) is 0 Å². The van der Waals surface area contributed by atoms with Crippen LogP contribution in [0.25, 0.3) is 10.2 Å². The summed E-state index contributed by atoms with van der Waals surface area (Å²) in [5.74, 6) is -0.00119. The number of benzene rings is 1. The summed E-state index contributed by atoms with van der Waals surface area (Å²) in [5, 5.41) is 3.61. The molecule has 1 unspecified atom stereocenters. The number of anilines is 1. The molecule has 1 heterocycles. The monoisotopic (exact) mass is 382 g/mol. The molecule has 120 valence electrons. The number of unbranched alkanes of at least 4 members (excludes halogenated alkanes) is 2. The van der Waals surface area contributed by atoms with Gasteiger partial charge in [0.05, 0.1) is 15.0 Å². The molecule has 1 amide bonds. The van der Waals surface area contributed by atoms with E-state index < -0.39 is 0 Å². The van der Waals surface area contributed by atoms with Crippen molar-refractivity contribution >= 4 is 48.5 Å². The molecule has 1 atom stereocenters. The van der Waals surface area contributed by atoms with E-state index in [-0.39, 0.29) is 10.7 Å². The Hall–Kier alpha value is -0.940. The van der Waals surface area contributed by atoms with Crippen molar-refractivity contribution in [3.63, 3.8) is 0 Å². The normalized spacial score (nSPS) is 12.5. The number of aromatic nitrogens is 1. The summed E-state index contributed by atoms with van der Waals surface area (Å²) in [5.41, 5.74) is 2.30. The fourth-order valence-corrected chi connectivity index (χ4v) is 3.63. The van der Waals surface area contributed by atoms with Crippen LogP contribution in [0.4, 0.5) is 5.13 Å². The third-order valence-corrected chi connectivity index (χ3v) is 5.40. The minimum absolute atomic E-state index is 0.00119. The first-order valence-electron chi connectivity index (χ1n) is 7.98. The van der Waals surface area contributed by atoms with Crippen molar-refractivity contribution in [2.45, 2.75) is 57.2 Å². The standard InChI is InChI=1S/C17H23BrN2OS/c1-3-5-7-12-9-10-14-15(11-12)22-17(19-14)20-16(21)13(18)8-6-4-2/h9-11,13H,3-8H2,1-2H3,(H,19,20,21). The van der Waals surface area contributed by atoms with E-state index in [1.807, 2.05) is 0 Å². The highest BCUT2D eigenvalue weighted by Gasteiger charge is 2.16. The lowest BCUT2D eigenvalue weighted by atomic mass is 10.1. The molecule has 0 bridgehead atoms. The molecular weight excluding hydrogens is 360 g/mol. The number of halogens is 1. The average Bonchev–Trinajstić information content (AvgIpc) is 2.91. The van der Waals surface area contributed by atoms with Gasteiger partial charge in [0.15, 0.2) is 5.13 Å². The number of nitrogens with zero attached hydrogens (tertiary/aromatic N) is 1. The van der Waals surface area contributed by atoms with Gasteiger partial charge in [-0.05, 0) is 37.0 Å². The first kappa shape index (κ1) is 17.4. The summed E-state index contributed by atoms with van der Waals surface area (Å²) in [6.07, 6.45) is 6.50. The Morgan fingerprint density at radius 2 is 2.09 bits per heavy atom. The number of aryl methyl sites for hydroxylation is 1. The molecule has 22 heavy (non-hydrogen) atoms. The number of carbonyl (C=O) groups excluding carboxylic acids is 1. The van der Waals surface area contributed by atoms with E-state index >= 15 is 0 Å². The summed E-state index contributed by atoms with van der Waals surface area (Å²) in [4.78, 5) is 16.5. The number of hydrogen-bond donors (Lipinski definition) is 1. The second-order valence-electron chi connectivity index (χ2n) is 5.52. The summed E-state index contributed by atoms with van der Waals surface area (Å²) in [6.45, 7) is 4.33. The Morgan fingerprint density at radius 3 is 2.82 bits per heavy atom. The molecule has 0 aliphatic rings. The highest BCUT2D eigenvalue weighted by atomic mass is 79.9. The smallest absolute Gasteiger partial charge is 0.239 e. The minimum atomic E-state index is -0.139. The predicted octanol–water partition coefficient (Wildman–Crippen LogP) is 5.53. The Balaban J connectivity index is 2.04. The minimum Gasteiger partial charge on any atom is -0.301 e. The van der Waals surface area contributed by atoms with E-state index in [0.717, 1.165) is 35.9 Å². The van der Waals surface area contributed by atoms with Crippen LogP contribution in [0.2, 0.25) is 0 Å². The van der Waals surface area contributed by atoms with Crippen LogP contribution in [0.3, 0.4) is 0 Å². The van der Waals surface area contributed by atoms with Gasteiger partial charge in [-0.25, -0.2) is 4.98 Å². The number of hydrogen-bond acceptors (Lipinski definition) is 3. The molecule has 0 aliphatic carbocycles. The summed E-state index contributed by atoms with van der Waals surface area (Å²) < 4.78 is 1.14. The highest BCUT2D eigenvalue weighted by Crippen LogP contribution is 2.28. The molecule has 0 saturated heterocycles. The maximum Gasteiger partial charge on any atom is 0.239 e. The Labute approximate surface area is 144 Å². The van der Waals surface area contributed by atoms with Gasteiger partial charge in [0, 0.05) is 0 Å². The maximum atomic E-state index is 12.1. The number of thiazole rings is 1. The van der Waals surface area contributed by atoms with Crippen LogP contribution in [-0.2, 0) is 11.2 Å². The SMILES string of the molecule is CCCCc1ccc2nc(NC(=O)C(Br)CCCC)sc2c1. The van der Waals surface area contributed by atoms with E-state index in [4.69, 9.17) is 0 Å². The second kappa shape index (κ2) is 8.63. The molecular formula is C17H23BrN2OS. The van der Waals surface area contributed by atoms with Gasteiger partial charge < -0.3 is 5.32 Å². The first-order chi connectivity index (χ1) is 10.6. The fourth-order valence-electron chi connectivity index (χ4n) is 2.26. The highest BCUT2D eigenvalue weighted by molar-refractivity contribution is 9.10. The van der Waals surface area contributed by atoms with Crippen molar-refractivity contribution in [1.29, 1.82) is 0 Å². The van der Waals surface area contributed by atoms with Crippen LogP contribution in [0.15, 0.2) is 18.2 Å². The van der Waals surface area contributed by atoms with E-state index in [2.05, 4.69) is 58.3 Å². The molecule has 5 heteroatoms. The largest absolute Gasteiger partial charge is 0.301 e.